The molecule has 0 bridgehead atoms. The van der Waals surface area contributed by atoms with Gasteiger partial charge in [0.1, 0.15) is 12.3 Å². The van der Waals surface area contributed by atoms with Crippen LogP contribution in [0.1, 0.15) is 22.8 Å². The Morgan fingerprint density at radius 2 is 1.79 bits per heavy atom. The molecule has 0 fully saturated rings. The Morgan fingerprint density at radius 1 is 1.10 bits per heavy atom. The van der Waals surface area contributed by atoms with Crippen LogP contribution in [0.5, 0.6) is 5.75 Å². The number of nitrogens with zero attached hydrogens (tertiary/aromatic N) is 2. The number of imidazole rings is 1. The average Bonchev–Trinajstić information content (AvgIpc) is 2.99. The Morgan fingerprint density at radius 3 is 2.41 bits per heavy atom. The van der Waals surface area contributed by atoms with E-state index in [1.54, 1.807) is 10.6 Å². The fourth-order valence-corrected chi connectivity index (χ4v) is 3.35. The summed E-state index contributed by atoms with van der Waals surface area (Å²) in [4.78, 5) is 36.1. The van der Waals surface area contributed by atoms with E-state index in [4.69, 9.17) is 9.84 Å². The number of fused-ring (bicyclic) bond motifs is 1. The Labute approximate surface area is 167 Å². The van der Waals surface area contributed by atoms with E-state index in [1.807, 2.05) is 31.2 Å². The van der Waals surface area contributed by atoms with Crippen LogP contribution in [0.4, 0.5) is 0 Å². The summed E-state index contributed by atoms with van der Waals surface area (Å²) in [6.07, 6.45) is 0.473. The summed E-state index contributed by atoms with van der Waals surface area (Å²) >= 11 is 0. The molecule has 0 saturated carbocycles. The predicted octanol–water partition coefficient (Wildman–Crippen LogP) is 1.89. The van der Waals surface area contributed by atoms with Gasteiger partial charge < -0.3 is 15.2 Å². The molecule has 3 aromatic rings. The standard InChI is InChI=1S/C21H23N3O5/c1-3-23-16-6-4-5-7-17(16)24(21(23)28)13-19(25)22-11-10-14-8-9-15(20(26)27)12-18(14)29-2/h4-9,12H,3,10-11,13H2,1-2H3,(H,22,25)(H,26,27). The quantitative estimate of drug-likeness (QED) is 0.604. The van der Waals surface area contributed by atoms with Gasteiger partial charge in [0.05, 0.1) is 23.7 Å². The van der Waals surface area contributed by atoms with Gasteiger partial charge in [0.2, 0.25) is 5.91 Å². The maximum atomic E-state index is 12.6. The zero-order valence-corrected chi connectivity index (χ0v) is 16.3. The highest BCUT2D eigenvalue weighted by Gasteiger charge is 2.14. The Balaban J connectivity index is 1.67. The van der Waals surface area contributed by atoms with E-state index in [2.05, 4.69) is 5.32 Å². The van der Waals surface area contributed by atoms with Gasteiger partial charge in [-0.1, -0.05) is 18.2 Å². The third-order valence-corrected chi connectivity index (χ3v) is 4.79. The largest absolute Gasteiger partial charge is 0.496 e. The number of hydrogen-bond donors (Lipinski definition) is 2. The number of amides is 1. The van der Waals surface area contributed by atoms with Crippen molar-refractivity contribution in [2.45, 2.75) is 26.4 Å². The first kappa shape index (κ1) is 20.2. The number of rotatable bonds is 8. The van der Waals surface area contributed by atoms with E-state index in [9.17, 15) is 14.4 Å². The molecule has 29 heavy (non-hydrogen) atoms. The van der Waals surface area contributed by atoms with Gasteiger partial charge in [0, 0.05) is 13.1 Å². The molecule has 8 heteroatoms. The van der Waals surface area contributed by atoms with Crippen molar-refractivity contribution in [1.29, 1.82) is 0 Å². The molecule has 1 heterocycles. The Hall–Kier alpha value is -3.55. The lowest BCUT2D eigenvalue weighted by molar-refractivity contribution is -0.121. The number of methoxy groups -OCH3 is 1. The monoisotopic (exact) mass is 397 g/mol. The van der Waals surface area contributed by atoms with Gasteiger partial charge in [-0.15, -0.1) is 0 Å². The smallest absolute Gasteiger partial charge is 0.335 e. The van der Waals surface area contributed by atoms with E-state index < -0.39 is 5.97 Å². The number of para-hydroxylation sites is 2. The van der Waals surface area contributed by atoms with Crippen LogP contribution in [0.2, 0.25) is 0 Å². The Kier molecular flexibility index (Phi) is 6.01. The first-order chi connectivity index (χ1) is 14.0. The van der Waals surface area contributed by atoms with Crippen LogP contribution >= 0.6 is 0 Å². The van der Waals surface area contributed by atoms with Crippen molar-refractivity contribution in [2.75, 3.05) is 13.7 Å². The van der Waals surface area contributed by atoms with Crippen molar-refractivity contribution in [2.24, 2.45) is 0 Å². The average molecular weight is 397 g/mol. The minimum atomic E-state index is -1.03. The molecule has 0 aliphatic rings. The number of carboxylic acids is 1. The van der Waals surface area contributed by atoms with Crippen molar-refractivity contribution < 1.29 is 19.4 Å². The highest BCUT2D eigenvalue weighted by Crippen LogP contribution is 2.20. The number of carboxylic acid groups (broad SMARTS) is 1. The van der Waals surface area contributed by atoms with Crippen LogP contribution in [0.15, 0.2) is 47.3 Å². The van der Waals surface area contributed by atoms with Crippen LogP contribution in [0, 0.1) is 0 Å². The summed E-state index contributed by atoms with van der Waals surface area (Å²) in [7, 11) is 1.47. The van der Waals surface area contributed by atoms with Gasteiger partial charge in [0.15, 0.2) is 0 Å². The molecule has 1 amide bonds. The summed E-state index contributed by atoms with van der Waals surface area (Å²) in [5, 5.41) is 11.9. The molecule has 0 atom stereocenters. The molecule has 0 radical (unpaired) electrons. The summed E-state index contributed by atoms with van der Waals surface area (Å²) < 4.78 is 8.35. The van der Waals surface area contributed by atoms with Crippen molar-refractivity contribution in [3.63, 3.8) is 0 Å². The molecule has 0 aliphatic heterocycles. The summed E-state index contributed by atoms with van der Waals surface area (Å²) in [5.41, 5.74) is 2.24. The van der Waals surface area contributed by atoms with Crippen LogP contribution in [-0.4, -0.2) is 39.8 Å². The third kappa shape index (κ3) is 4.16. The van der Waals surface area contributed by atoms with Crippen molar-refractivity contribution in [1.82, 2.24) is 14.5 Å². The molecule has 0 aliphatic carbocycles. The van der Waals surface area contributed by atoms with Crippen molar-refractivity contribution in [3.8, 4) is 5.75 Å². The van der Waals surface area contributed by atoms with Crippen LogP contribution in [-0.2, 0) is 24.3 Å². The molecule has 3 rings (SSSR count). The van der Waals surface area contributed by atoms with Gasteiger partial charge in [-0.05, 0) is 43.2 Å². The highest BCUT2D eigenvalue weighted by molar-refractivity contribution is 5.88. The molecule has 152 valence electrons. The van der Waals surface area contributed by atoms with E-state index in [1.165, 1.54) is 23.8 Å². The van der Waals surface area contributed by atoms with E-state index in [0.29, 0.717) is 25.3 Å². The molecular weight excluding hydrogens is 374 g/mol. The fraction of sp³-hybridized carbons (Fsp3) is 0.286. The third-order valence-electron chi connectivity index (χ3n) is 4.79. The number of benzene rings is 2. The maximum Gasteiger partial charge on any atom is 0.335 e. The number of ether oxygens (including phenoxy) is 1. The van der Waals surface area contributed by atoms with Crippen LogP contribution in [0.3, 0.4) is 0 Å². The zero-order chi connectivity index (χ0) is 21.0. The number of hydrogen-bond acceptors (Lipinski definition) is 4. The topological polar surface area (TPSA) is 103 Å². The lowest BCUT2D eigenvalue weighted by Crippen LogP contribution is -2.34. The van der Waals surface area contributed by atoms with Gasteiger partial charge in [-0.2, -0.15) is 0 Å². The summed E-state index contributed by atoms with van der Waals surface area (Å²) in [6.45, 7) is 2.69. The number of aromatic nitrogens is 2. The highest BCUT2D eigenvalue weighted by atomic mass is 16.5. The second-order valence-electron chi connectivity index (χ2n) is 6.53. The molecule has 0 spiro atoms. The molecular formula is C21H23N3O5. The van der Waals surface area contributed by atoms with Gasteiger partial charge in [0.25, 0.3) is 0 Å². The molecule has 8 nitrogen and oxygen atoms in total. The second-order valence-corrected chi connectivity index (χ2v) is 6.53. The van der Waals surface area contributed by atoms with Gasteiger partial charge in [-0.3, -0.25) is 13.9 Å². The molecule has 2 N–H and O–H groups in total. The number of aryl methyl sites for hydroxylation is 1. The number of aromatic carboxylic acids is 1. The first-order valence-corrected chi connectivity index (χ1v) is 9.31. The fourth-order valence-electron chi connectivity index (χ4n) is 3.35. The summed E-state index contributed by atoms with van der Waals surface area (Å²) in [5.74, 6) is -0.839. The minimum absolute atomic E-state index is 0.0680. The van der Waals surface area contributed by atoms with Gasteiger partial charge in [-0.25, -0.2) is 9.59 Å². The molecule has 1 aromatic heterocycles. The first-order valence-electron chi connectivity index (χ1n) is 9.31. The van der Waals surface area contributed by atoms with Gasteiger partial charge >= 0.3 is 11.7 Å². The SMILES string of the molecule is CCn1c(=O)n(CC(=O)NCCc2ccc(C(=O)O)cc2OC)c2ccccc21. The predicted molar refractivity (Wildman–Crippen MR) is 109 cm³/mol. The number of carbonyl (C=O) groups is 2. The minimum Gasteiger partial charge on any atom is -0.496 e. The normalized spacial score (nSPS) is 10.8. The molecule has 0 unspecified atom stereocenters. The van der Waals surface area contributed by atoms with E-state index in [-0.39, 0.29) is 23.7 Å². The van der Waals surface area contributed by atoms with Crippen LogP contribution < -0.4 is 15.7 Å². The van der Waals surface area contributed by atoms with E-state index >= 15 is 0 Å². The molecule has 0 saturated heterocycles. The van der Waals surface area contributed by atoms with Crippen molar-refractivity contribution >= 4 is 22.9 Å². The van der Waals surface area contributed by atoms with Crippen LogP contribution in [0.25, 0.3) is 11.0 Å². The second kappa shape index (κ2) is 8.64. The zero-order valence-electron chi connectivity index (χ0n) is 16.3. The molecule has 2 aromatic carbocycles. The number of carbonyl (C=O) groups excluding carboxylic acids is 1. The lowest BCUT2D eigenvalue weighted by Gasteiger charge is -2.10. The van der Waals surface area contributed by atoms with Crippen molar-refractivity contribution in [3.05, 3.63) is 64.1 Å². The lowest BCUT2D eigenvalue weighted by atomic mass is 10.1. The maximum absolute atomic E-state index is 12.6. The van der Waals surface area contributed by atoms with E-state index in [0.717, 1.165) is 16.6 Å². The number of nitrogens with one attached hydrogen (secondary N) is 1. The summed E-state index contributed by atoms with van der Waals surface area (Å²) in [6, 6.07) is 12.0. The Bertz CT molecular complexity index is 1110.